The van der Waals surface area contributed by atoms with Crippen molar-refractivity contribution >= 4 is 51.9 Å². The van der Waals surface area contributed by atoms with Gasteiger partial charge in [-0.25, -0.2) is 9.29 Å². The maximum Gasteiger partial charge on any atom is 0.306 e. The summed E-state index contributed by atoms with van der Waals surface area (Å²) >= 11 is 6.85. The van der Waals surface area contributed by atoms with Crippen molar-refractivity contribution < 1.29 is 28.3 Å². The van der Waals surface area contributed by atoms with Crippen LogP contribution in [0, 0.1) is 5.82 Å². The molecule has 1 heterocycles. The van der Waals surface area contributed by atoms with Gasteiger partial charge in [-0.3, -0.25) is 19.2 Å². The Hall–Kier alpha value is -2.45. The summed E-state index contributed by atoms with van der Waals surface area (Å²) in [7, 11) is 0. The summed E-state index contributed by atoms with van der Waals surface area (Å²) in [4.78, 5) is 50.2. The summed E-state index contributed by atoms with van der Waals surface area (Å²) in [6, 6.07) is 2.04. The molecule has 0 N–H and O–H groups in total. The van der Waals surface area contributed by atoms with Crippen molar-refractivity contribution in [1.29, 1.82) is 0 Å². The van der Waals surface area contributed by atoms with Crippen molar-refractivity contribution in [3.8, 4) is 0 Å². The zero-order valence-electron chi connectivity index (χ0n) is 16.0. The largest absolute Gasteiger partial charge is 0.461 e. The van der Waals surface area contributed by atoms with Crippen LogP contribution in [0.4, 0.5) is 10.1 Å². The Morgan fingerprint density at radius 2 is 1.83 bits per heavy atom. The van der Waals surface area contributed by atoms with Crippen molar-refractivity contribution in [2.24, 2.45) is 0 Å². The molecule has 3 rings (SSSR count). The second kappa shape index (κ2) is 9.57. The minimum atomic E-state index is -0.865. The van der Waals surface area contributed by atoms with Crippen molar-refractivity contribution in [1.82, 2.24) is 0 Å². The first-order valence-corrected chi connectivity index (χ1v) is 10.7. The highest BCUT2D eigenvalue weighted by Gasteiger charge is 2.41. The molecule has 2 aliphatic rings. The maximum atomic E-state index is 14.6. The van der Waals surface area contributed by atoms with Gasteiger partial charge in [0.15, 0.2) is 0 Å². The zero-order chi connectivity index (χ0) is 21.8. The van der Waals surface area contributed by atoms with E-state index in [4.69, 9.17) is 16.3 Å². The molecular weight excluding hydrogens is 433 g/mol. The molecule has 0 saturated carbocycles. The Morgan fingerprint density at radius 1 is 1.20 bits per heavy atom. The molecule has 0 bridgehead atoms. The Balaban J connectivity index is 1.77. The quantitative estimate of drug-likeness (QED) is 0.351. The molecule has 9 heteroatoms. The van der Waals surface area contributed by atoms with Crippen LogP contribution in [-0.2, 0) is 19.1 Å². The second-order valence-corrected chi connectivity index (χ2v) is 8.23. The minimum absolute atomic E-state index is 0.00431. The number of benzene rings is 1. The number of thioether (sulfide) groups is 1. The molecule has 30 heavy (non-hydrogen) atoms. The SMILES string of the molecule is C=CCOC(=O)CCSC(=O)c1cc(N2C(=O)C3=C(CCCC3)C2=O)c(F)cc1Cl. The summed E-state index contributed by atoms with van der Waals surface area (Å²) < 4.78 is 19.4. The highest BCUT2D eigenvalue weighted by atomic mass is 35.5. The van der Waals surface area contributed by atoms with Crippen molar-refractivity contribution in [2.75, 3.05) is 17.3 Å². The van der Waals surface area contributed by atoms with Crippen LogP contribution in [-0.4, -0.2) is 35.3 Å². The Morgan fingerprint density at radius 3 is 2.43 bits per heavy atom. The van der Waals surface area contributed by atoms with E-state index in [1.807, 2.05) is 0 Å². The van der Waals surface area contributed by atoms with Gasteiger partial charge in [-0.05, 0) is 37.8 Å². The molecule has 1 aliphatic heterocycles. The fraction of sp³-hybridized carbons (Fsp3) is 0.333. The smallest absolute Gasteiger partial charge is 0.306 e. The number of ether oxygens (including phenoxy) is 1. The Kier molecular flexibility index (Phi) is 7.10. The van der Waals surface area contributed by atoms with Gasteiger partial charge in [-0.15, -0.1) is 0 Å². The summed E-state index contributed by atoms with van der Waals surface area (Å²) in [5.41, 5.74) is 0.503. The first-order valence-electron chi connectivity index (χ1n) is 9.38. The van der Waals surface area contributed by atoms with E-state index in [1.165, 1.54) is 6.08 Å². The maximum absolute atomic E-state index is 14.6. The van der Waals surface area contributed by atoms with Crippen LogP contribution in [0.2, 0.25) is 5.02 Å². The number of hydrogen-bond donors (Lipinski definition) is 0. The lowest BCUT2D eigenvalue weighted by molar-refractivity contribution is -0.141. The molecule has 1 aliphatic carbocycles. The van der Waals surface area contributed by atoms with Gasteiger partial charge < -0.3 is 4.74 Å². The van der Waals surface area contributed by atoms with E-state index in [0.29, 0.717) is 24.0 Å². The summed E-state index contributed by atoms with van der Waals surface area (Å²) in [6.07, 6.45) is 3.98. The van der Waals surface area contributed by atoms with E-state index in [-0.39, 0.29) is 35.1 Å². The lowest BCUT2D eigenvalue weighted by atomic mass is 9.93. The van der Waals surface area contributed by atoms with E-state index >= 15 is 0 Å². The van der Waals surface area contributed by atoms with Crippen LogP contribution in [0.15, 0.2) is 35.9 Å². The third kappa shape index (κ3) is 4.49. The van der Waals surface area contributed by atoms with Crippen LogP contribution in [0.5, 0.6) is 0 Å². The molecule has 0 atom stereocenters. The minimum Gasteiger partial charge on any atom is -0.461 e. The van der Waals surface area contributed by atoms with E-state index in [2.05, 4.69) is 6.58 Å². The number of hydrogen-bond acceptors (Lipinski definition) is 6. The number of halogens is 2. The topological polar surface area (TPSA) is 80.8 Å². The fourth-order valence-corrected chi connectivity index (χ4v) is 4.42. The lowest BCUT2D eigenvalue weighted by Crippen LogP contribution is -2.32. The molecule has 0 fully saturated rings. The lowest BCUT2D eigenvalue weighted by Gasteiger charge is -2.17. The predicted octanol–water partition coefficient (Wildman–Crippen LogP) is 4.22. The van der Waals surface area contributed by atoms with Gasteiger partial charge in [0.25, 0.3) is 11.8 Å². The molecule has 0 aromatic heterocycles. The molecule has 158 valence electrons. The number of anilines is 1. The number of imide groups is 1. The average Bonchev–Trinajstić information content (AvgIpc) is 2.97. The summed E-state index contributed by atoms with van der Waals surface area (Å²) in [5.74, 6) is -2.31. The van der Waals surface area contributed by atoms with Crippen molar-refractivity contribution in [2.45, 2.75) is 32.1 Å². The predicted molar refractivity (Wildman–Crippen MR) is 112 cm³/mol. The monoisotopic (exact) mass is 451 g/mol. The molecule has 1 aromatic rings. The number of carbonyl (C=O) groups excluding carboxylic acids is 4. The molecule has 0 spiro atoms. The van der Waals surface area contributed by atoms with E-state index in [0.717, 1.165) is 41.6 Å². The van der Waals surface area contributed by atoms with Crippen LogP contribution < -0.4 is 4.90 Å². The normalized spacial score (nSPS) is 16.0. The number of esters is 1. The van der Waals surface area contributed by atoms with Gasteiger partial charge >= 0.3 is 5.97 Å². The highest BCUT2D eigenvalue weighted by molar-refractivity contribution is 8.14. The number of rotatable bonds is 7. The first-order chi connectivity index (χ1) is 14.3. The van der Waals surface area contributed by atoms with E-state index in [1.54, 1.807) is 0 Å². The van der Waals surface area contributed by atoms with E-state index < -0.39 is 28.7 Å². The zero-order valence-corrected chi connectivity index (χ0v) is 17.6. The second-order valence-electron chi connectivity index (χ2n) is 6.75. The standard InChI is InChI=1S/C21H19ClFNO5S/c1-2-8-29-18(25)7-9-30-21(28)14-10-17(16(23)11-15(14)22)24-19(26)12-5-3-4-6-13(12)20(24)27/h2,10-11H,1,3-9H2. The fourth-order valence-electron chi connectivity index (χ4n) is 3.35. The van der Waals surface area contributed by atoms with Crippen LogP contribution in [0.1, 0.15) is 42.5 Å². The van der Waals surface area contributed by atoms with Crippen LogP contribution in [0.3, 0.4) is 0 Å². The van der Waals surface area contributed by atoms with Crippen LogP contribution >= 0.6 is 23.4 Å². The molecule has 2 amide bonds. The van der Waals surface area contributed by atoms with E-state index in [9.17, 15) is 23.6 Å². The van der Waals surface area contributed by atoms with Crippen molar-refractivity contribution in [3.63, 3.8) is 0 Å². The van der Waals surface area contributed by atoms with Gasteiger partial charge in [-0.1, -0.05) is 36.0 Å². The molecule has 0 radical (unpaired) electrons. The molecule has 0 saturated heterocycles. The van der Waals surface area contributed by atoms with Gasteiger partial charge in [0, 0.05) is 22.5 Å². The Labute approximate surface area is 182 Å². The first kappa shape index (κ1) is 22.2. The third-order valence-electron chi connectivity index (χ3n) is 4.79. The molecule has 1 aromatic carbocycles. The van der Waals surface area contributed by atoms with Gasteiger partial charge in [0.1, 0.15) is 12.4 Å². The van der Waals surface area contributed by atoms with Gasteiger partial charge in [0.2, 0.25) is 5.12 Å². The van der Waals surface area contributed by atoms with Gasteiger partial charge in [0.05, 0.1) is 17.1 Å². The Bertz CT molecular complexity index is 946. The van der Waals surface area contributed by atoms with Crippen molar-refractivity contribution in [3.05, 3.63) is 52.3 Å². The summed E-state index contributed by atoms with van der Waals surface area (Å²) in [6.45, 7) is 3.52. The molecular formula is C21H19ClFNO5S. The molecule has 0 unspecified atom stereocenters. The summed E-state index contributed by atoms with van der Waals surface area (Å²) in [5, 5.41) is -0.644. The number of nitrogens with zero attached hydrogens (tertiary/aromatic N) is 1. The number of amides is 2. The third-order valence-corrected chi connectivity index (χ3v) is 5.99. The average molecular weight is 452 g/mol. The highest BCUT2D eigenvalue weighted by Crippen LogP contribution is 2.38. The molecule has 6 nitrogen and oxygen atoms in total. The number of carbonyl (C=O) groups is 4. The van der Waals surface area contributed by atoms with Gasteiger partial charge in [-0.2, -0.15) is 0 Å². The van der Waals surface area contributed by atoms with Crippen LogP contribution in [0.25, 0.3) is 0 Å².